The van der Waals surface area contributed by atoms with E-state index in [0.29, 0.717) is 6.61 Å². The van der Waals surface area contributed by atoms with E-state index in [2.05, 4.69) is 10.2 Å². The van der Waals surface area contributed by atoms with Crippen molar-refractivity contribution in [3.63, 3.8) is 0 Å². The highest BCUT2D eigenvalue weighted by Gasteiger charge is 2.01. The third-order valence-corrected chi connectivity index (χ3v) is 3.31. The maximum atomic E-state index is 5.61. The van der Waals surface area contributed by atoms with E-state index in [0.717, 1.165) is 22.4 Å². The van der Waals surface area contributed by atoms with E-state index in [4.69, 9.17) is 9.47 Å². The standard InChI is InChI=1S/C12H15N3O2S/c1-15-9-13-14-12(15)18-8-7-17-11-5-3-10(16-2)4-6-11/h3-6,9H,7-8H2,1-2H3. The van der Waals surface area contributed by atoms with Crippen molar-refractivity contribution in [3.05, 3.63) is 30.6 Å². The first-order chi connectivity index (χ1) is 8.79. The Hall–Kier alpha value is -1.69. The molecule has 0 saturated heterocycles. The summed E-state index contributed by atoms with van der Waals surface area (Å²) < 4.78 is 12.6. The summed E-state index contributed by atoms with van der Waals surface area (Å²) in [6.07, 6.45) is 1.69. The molecule has 0 amide bonds. The highest BCUT2D eigenvalue weighted by Crippen LogP contribution is 2.18. The highest BCUT2D eigenvalue weighted by atomic mass is 32.2. The Morgan fingerprint density at radius 3 is 2.56 bits per heavy atom. The lowest BCUT2D eigenvalue weighted by atomic mass is 10.3. The van der Waals surface area contributed by atoms with Crippen LogP contribution in [0.2, 0.25) is 0 Å². The Morgan fingerprint density at radius 1 is 1.22 bits per heavy atom. The van der Waals surface area contributed by atoms with Crippen molar-refractivity contribution in [1.29, 1.82) is 0 Å². The number of hydrogen-bond acceptors (Lipinski definition) is 5. The van der Waals surface area contributed by atoms with E-state index in [-0.39, 0.29) is 0 Å². The molecule has 2 rings (SSSR count). The number of aromatic nitrogens is 3. The summed E-state index contributed by atoms with van der Waals surface area (Å²) in [7, 11) is 3.57. The summed E-state index contributed by atoms with van der Waals surface area (Å²) in [6.45, 7) is 0.629. The molecule has 0 radical (unpaired) electrons. The first-order valence-corrected chi connectivity index (χ1v) is 6.52. The van der Waals surface area contributed by atoms with Crippen molar-refractivity contribution >= 4 is 11.8 Å². The van der Waals surface area contributed by atoms with E-state index >= 15 is 0 Å². The normalized spacial score (nSPS) is 10.3. The number of methoxy groups -OCH3 is 1. The molecule has 1 aromatic heterocycles. The molecule has 0 aliphatic carbocycles. The van der Waals surface area contributed by atoms with Gasteiger partial charge in [0.25, 0.3) is 0 Å². The van der Waals surface area contributed by atoms with Crippen LogP contribution < -0.4 is 9.47 Å². The first-order valence-electron chi connectivity index (χ1n) is 5.53. The van der Waals surface area contributed by atoms with Gasteiger partial charge in [-0.2, -0.15) is 0 Å². The molecule has 2 aromatic rings. The maximum absolute atomic E-state index is 5.61. The van der Waals surface area contributed by atoms with Crippen LogP contribution in [-0.4, -0.2) is 34.2 Å². The Labute approximate surface area is 110 Å². The molecular weight excluding hydrogens is 250 g/mol. The fourth-order valence-electron chi connectivity index (χ4n) is 1.37. The summed E-state index contributed by atoms with van der Waals surface area (Å²) in [5, 5.41) is 8.70. The third kappa shape index (κ3) is 3.40. The number of nitrogens with zero attached hydrogens (tertiary/aromatic N) is 3. The van der Waals surface area contributed by atoms with Crippen LogP contribution in [0.4, 0.5) is 0 Å². The molecule has 18 heavy (non-hydrogen) atoms. The average molecular weight is 265 g/mol. The molecule has 0 unspecified atom stereocenters. The highest BCUT2D eigenvalue weighted by molar-refractivity contribution is 7.99. The van der Waals surface area contributed by atoms with E-state index in [1.807, 2.05) is 35.9 Å². The molecule has 6 heteroatoms. The molecule has 0 aliphatic heterocycles. The summed E-state index contributed by atoms with van der Waals surface area (Å²) >= 11 is 1.62. The van der Waals surface area contributed by atoms with Crippen LogP contribution in [0.1, 0.15) is 0 Å². The van der Waals surface area contributed by atoms with Crippen LogP contribution in [0.15, 0.2) is 35.7 Å². The van der Waals surface area contributed by atoms with Gasteiger partial charge in [0.05, 0.1) is 13.7 Å². The van der Waals surface area contributed by atoms with Crippen LogP contribution in [0.3, 0.4) is 0 Å². The SMILES string of the molecule is COc1ccc(OCCSc2nncn2C)cc1. The zero-order valence-electron chi connectivity index (χ0n) is 10.4. The molecule has 0 saturated carbocycles. The lowest BCUT2D eigenvalue weighted by molar-refractivity contribution is 0.342. The van der Waals surface area contributed by atoms with Crippen LogP contribution in [0, 0.1) is 0 Å². The van der Waals surface area contributed by atoms with Gasteiger partial charge in [-0.15, -0.1) is 10.2 Å². The van der Waals surface area contributed by atoms with Crippen molar-refractivity contribution in [2.24, 2.45) is 7.05 Å². The smallest absolute Gasteiger partial charge is 0.190 e. The molecule has 0 bridgehead atoms. The Morgan fingerprint density at radius 2 is 1.94 bits per heavy atom. The first kappa shape index (κ1) is 12.8. The molecule has 5 nitrogen and oxygen atoms in total. The molecule has 0 fully saturated rings. The van der Waals surface area contributed by atoms with Crippen molar-refractivity contribution < 1.29 is 9.47 Å². The van der Waals surface area contributed by atoms with Crippen molar-refractivity contribution in [1.82, 2.24) is 14.8 Å². The topological polar surface area (TPSA) is 49.2 Å². The van der Waals surface area contributed by atoms with Gasteiger partial charge >= 0.3 is 0 Å². The summed E-state index contributed by atoms with van der Waals surface area (Å²) in [4.78, 5) is 0. The lowest BCUT2D eigenvalue weighted by Gasteiger charge is -2.06. The molecule has 0 aliphatic rings. The van der Waals surface area contributed by atoms with E-state index in [9.17, 15) is 0 Å². The number of ether oxygens (including phenoxy) is 2. The molecule has 1 heterocycles. The number of rotatable bonds is 6. The molecular formula is C12H15N3O2S. The second-order valence-electron chi connectivity index (χ2n) is 3.60. The molecule has 1 aromatic carbocycles. The molecule has 0 N–H and O–H groups in total. The molecule has 0 spiro atoms. The van der Waals surface area contributed by atoms with E-state index in [1.54, 1.807) is 25.2 Å². The fourth-order valence-corrected chi connectivity index (χ4v) is 2.07. The lowest BCUT2D eigenvalue weighted by Crippen LogP contribution is -2.01. The minimum Gasteiger partial charge on any atom is -0.497 e. The molecule has 96 valence electrons. The third-order valence-electron chi connectivity index (χ3n) is 2.31. The fraction of sp³-hybridized carbons (Fsp3) is 0.333. The van der Waals surface area contributed by atoms with Gasteiger partial charge in [-0.1, -0.05) is 11.8 Å². The molecule has 0 atom stereocenters. The largest absolute Gasteiger partial charge is 0.497 e. The second kappa shape index (κ2) is 6.30. The zero-order chi connectivity index (χ0) is 12.8. The number of thioether (sulfide) groups is 1. The van der Waals surface area contributed by atoms with Gasteiger partial charge in [0.2, 0.25) is 0 Å². The predicted molar refractivity (Wildman–Crippen MR) is 70.2 cm³/mol. The van der Waals surface area contributed by atoms with Crippen LogP contribution in [-0.2, 0) is 7.05 Å². The van der Waals surface area contributed by atoms with Gasteiger partial charge in [0, 0.05) is 12.8 Å². The predicted octanol–water partition coefficient (Wildman–Crippen LogP) is 1.99. The van der Waals surface area contributed by atoms with E-state index < -0.39 is 0 Å². The minimum atomic E-state index is 0.629. The Balaban J connectivity index is 1.73. The zero-order valence-corrected chi connectivity index (χ0v) is 11.2. The summed E-state index contributed by atoms with van der Waals surface area (Å²) in [5.74, 6) is 2.50. The van der Waals surface area contributed by atoms with Crippen molar-refractivity contribution in [2.45, 2.75) is 5.16 Å². The van der Waals surface area contributed by atoms with Crippen LogP contribution in [0.5, 0.6) is 11.5 Å². The Kier molecular flexibility index (Phi) is 4.46. The number of aryl methyl sites for hydroxylation is 1. The number of benzene rings is 1. The monoisotopic (exact) mass is 265 g/mol. The van der Waals surface area contributed by atoms with Gasteiger partial charge in [-0.25, -0.2) is 0 Å². The van der Waals surface area contributed by atoms with Gasteiger partial charge < -0.3 is 14.0 Å². The Bertz CT molecular complexity index is 484. The summed E-state index contributed by atoms with van der Waals surface area (Å²) in [6, 6.07) is 7.55. The van der Waals surface area contributed by atoms with Crippen molar-refractivity contribution in [2.75, 3.05) is 19.5 Å². The quantitative estimate of drug-likeness (QED) is 0.590. The van der Waals surface area contributed by atoms with Gasteiger partial charge in [0.1, 0.15) is 17.8 Å². The average Bonchev–Trinajstić information content (AvgIpc) is 2.81. The summed E-state index contributed by atoms with van der Waals surface area (Å²) in [5.41, 5.74) is 0. The van der Waals surface area contributed by atoms with Crippen LogP contribution >= 0.6 is 11.8 Å². The van der Waals surface area contributed by atoms with E-state index in [1.165, 1.54) is 0 Å². The van der Waals surface area contributed by atoms with Crippen LogP contribution in [0.25, 0.3) is 0 Å². The van der Waals surface area contributed by atoms with Gasteiger partial charge in [-0.05, 0) is 24.3 Å². The van der Waals surface area contributed by atoms with Gasteiger partial charge in [0.15, 0.2) is 5.16 Å². The van der Waals surface area contributed by atoms with Crippen molar-refractivity contribution in [3.8, 4) is 11.5 Å². The second-order valence-corrected chi connectivity index (χ2v) is 4.66. The minimum absolute atomic E-state index is 0.629. The number of hydrogen-bond donors (Lipinski definition) is 0. The van der Waals surface area contributed by atoms with Gasteiger partial charge in [-0.3, -0.25) is 0 Å². The maximum Gasteiger partial charge on any atom is 0.190 e.